The number of benzene rings is 1. The SMILES string of the molecule is CCCCN1C(=O)[C@H]2[C@H](C(=O)Nc3ccc(C)c(C)c3)[C@H]3C=C[C@@]2(O3)[C@@H]1C(=O)N[C@@H]1CCC[C@H](C)[C@H]1C. The molecule has 7 heteroatoms. The number of fused-ring (bicyclic) bond motifs is 1. The minimum Gasteiger partial charge on any atom is -0.359 e. The zero-order valence-corrected chi connectivity index (χ0v) is 22.8. The molecule has 3 fully saturated rings. The summed E-state index contributed by atoms with van der Waals surface area (Å²) in [5.74, 6) is -0.990. The van der Waals surface area contributed by atoms with E-state index in [0.717, 1.165) is 36.8 Å². The molecule has 3 heterocycles. The zero-order chi connectivity index (χ0) is 26.5. The standard InChI is InChI=1S/C30H41N3O4/c1-6-7-15-33-26(28(35)32-22-10-8-9-18(3)20(22)5)30-14-13-23(37-30)24(25(30)29(33)36)27(34)31-21-12-11-17(2)19(4)16-21/h11-14,16,18,20,22-26H,6-10,15H2,1-5H3,(H,31,34)(H,32,35)/t18-,20+,22+,23+,24+,25+,26-,30-/m0/s1. The van der Waals surface area contributed by atoms with E-state index in [-0.39, 0.29) is 23.8 Å². The van der Waals surface area contributed by atoms with Crippen LogP contribution in [-0.4, -0.2) is 53.0 Å². The van der Waals surface area contributed by atoms with Gasteiger partial charge in [-0.05, 0) is 61.8 Å². The highest BCUT2D eigenvalue weighted by Gasteiger charge is 2.72. The predicted molar refractivity (Wildman–Crippen MR) is 143 cm³/mol. The number of rotatable bonds is 7. The van der Waals surface area contributed by atoms with Gasteiger partial charge in [0.2, 0.25) is 17.7 Å². The van der Waals surface area contributed by atoms with Gasteiger partial charge in [0.05, 0.1) is 17.9 Å². The van der Waals surface area contributed by atoms with Crippen molar-refractivity contribution >= 4 is 23.4 Å². The summed E-state index contributed by atoms with van der Waals surface area (Å²) in [5, 5.41) is 6.33. The van der Waals surface area contributed by atoms with Crippen LogP contribution in [0.15, 0.2) is 30.4 Å². The van der Waals surface area contributed by atoms with Crippen LogP contribution in [-0.2, 0) is 19.1 Å². The second-order valence-electron chi connectivity index (χ2n) is 11.8. The van der Waals surface area contributed by atoms with Gasteiger partial charge in [-0.2, -0.15) is 0 Å². The van der Waals surface area contributed by atoms with Crippen LogP contribution in [0, 0.1) is 37.5 Å². The molecule has 1 spiro atoms. The lowest BCUT2D eigenvalue weighted by molar-refractivity contribution is -0.141. The van der Waals surface area contributed by atoms with Crippen LogP contribution in [0.25, 0.3) is 0 Å². The van der Waals surface area contributed by atoms with E-state index in [0.29, 0.717) is 24.1 Å². The number of unbranched alkanes of at least 4 members (excludes halogenated alkanes) is 1. The number of anilines is 1. The number of amides is 3. The number of hydrogen-bond donors (Lipinski definition) is 2. The van der Waals surface area contributed by atoms with Crippen LogP contribution in [0.5, 0.6) is 0 Å². The molecule has 8 atom stereocenters. The molecule has 3 aliphatic heterocycles. The first-order valence-electron chi connectivity index (χ1n) is 14.0. The van der Waals surface area contributed by atoms with E-state index in [1.807, 2.05) is 44.2 Å². The first kappa shape index (κ1) is 26.0. The Morgan fingerprint density at radius 3 is 2.65 bits per heavy atom. The van der Waals surface area contributed by atoms with Gasteiger partial charge in [0.1, 0.15) is 11.6 Å². The van der Waals surface area contributed by atoms with E-state index in [9.17, 15) is 14.4 Å². The maximum absolute atomic E-state index is 13.9. The minimum atomic E-state index is -1.10. The third-order valence-corrected chi connectivity index (χ3v) is 9.49. The molecule has 2 bridgehead atoms. The fraction of sp³-hybridized carbons (Fsp3) is 0.633. The number of ether oxygens (including phenoxy) is 1. The van der Waals surface area contributed by atoms with E-state index in [1.54, 1.807) is 4.90 Å². The fourth-order valence-electron chi connectivity index (χ4n) is 6.93. The van der Waals surface area contributed by atoms with Gasteiger partial charge in [0.25, 0.3) is 0 Å². The molecule has 200 valence electrons. The van der Waals surface area contributed by atoms with Crippen molar-refractivity contribution in [2.45, 2.75) is 90.5 Å². The van der Waals surface area contributed by atoms with Crippen LogP contribution in [0.4, 0.5) is 5.69 Å². The van der Waals surface area contributed by atoms with Crippen molar-refractivity contribution in [3.05, 3.63) is 41.5 Å². The van der Waals surface area contributed by atoms with Crippen molar-refractivity contribution in [3.8, 4) is 0 Å². The molecule has 0 radical (unpaired) electrons. The van der Waals surface area contributed by atoms with E-state index in [2.05, 4.69) is 31.4 Å². The first-order chi connectivity index (χ1) is 17.7. The highest BCUT2D eigenvalue weighted by atomic mass is 16.5. The maximum atomic E-state index is 13.9. The highest BCUT2D eigenvalue weighted by molar-refractivity contribution is 6.02. The Labute approximate surface area is 220 Å². The largest absolute Gasteiger partial charge is 0.359 e. The number of aryl methyl sites for hydroxylation is 2. The van der Waals surface area contributed by atoms with Crippen molar-refractivity contribution < 1.29 is 19.1 Å². The van der Waals surface area contributed by atoms with Gasteiger partial charge in [-0.15, -0.1) is 0 Å². The Morgan fingerprint density at radius 1 is 1.14 bits per heavy atom. The molecule has 1 aromatic rings. The highest BCUT2D eigenvalue weighted by Crippen LogP contribution is 2.55. The summed E-state index contributed by atoms with van der Waals surface area (Å²) in [6.45, 7) is 11.0. The van der Waals surface area contributed by atoms with Gasteiger partial charge < -0.3 is 20.3 Å². The lowest BCUT2D eigenvalue weighted by atomic mass is 9.73. The molecular weight excluding hydrogens is 466 g/mol. The van der Waals surface area contributed by atoms with Crippen molar-refractivity contribution in [2.24, 2.45) is 23.7 Å². The summed E-state index contributed by atoms with van der Waals surface area (Å²) in [5.41, 5.74) is 1.84. The van der Waals surface area contributed by atoms with Crippen LogP contribution < -0.4 is 10.6 Å². The summed E-state index contributed by atoms with van der Waals surface area (Å²) in [6, 6.07) is 5.12. The van der Waals surface area contributed by atoms with Gasteiger partial charge in [0, 0.05) is 18.3 Å². The molecule has 2 N–H and O–H groups in total. The van der Waals surface area contributed by atoms with Crippen molar-refractivity contribution in [1.29, 1.82) is 0 Å². The maximum Gasteiger partial charge on any atom is 0.246 e. The van der Waals surface area contributed by atoms with Gasteiger partial charge in [-0.3, -0.25) is 14.4 Å². The Kier molecular flexibility index (Phi) is 6.94. The lowest BCUT2D eigenvalue weighted by Crippen LogP contribution is -2.58. The Bertz CT molecular complexity index is 1120. The van der Waals surface area contributed by atoms with Crippen molar-refractivity contribution in [1.82, 2.24) is 10.2 Å². The third kappa shape index (κ3) is 4.29. The molecule has 1 saturated carbocycles. The van der Waals surface area contributed by atoms with Crippen molar-refractivity contribution in [2.75, 3.05) is 11.9 Å². The minimum absolute atomic E-state index is 0.0845. The average Bonchev–Trinajstić information content (AvgIpc) is 3.50. The van der Waals surface area contributed by atoms with Gasteiger partial charge in [-0.25, -0.2) is 0 Å². The summed E-state index contributed by atoms with van der Waals surface area (Å²) < 4.78 is 6.45. The summed E-state index contributed by atoms with van der Waals surface area (Å²) in [7, 11) is 0. The lowest BCUT2D eigenvalue weighted by Gasteiger charge is -2.38. The van der Waals surface area contributed by atoms with Crippen LogP contribution in [0.3, 0.4) is 0 Å². The topological polar surface area (TPSA) is 87.7 Å². The smallest absolute Gasteiger partial charge is 0.246 e. The number of nitrogens with one attached hydrogen (secondary N) is 2. The predicted octanol–water partition coefficient (Wildman–Crippen LogP) is 4.13. The number of carbonyl (C=O) groups is 3. The summed E-state index contributed by atoms with van der Waals surface area (Å²) in [4.78, 5) is 43.1. The van der Waals surface area contributed by atoms with E-state index in [4.69, 9.17) is 4.74 Å². The zero-order valence-electron chi connectivity index (χ0n) is 22.8. The molecule has 1 aromatic carbocycles. The third-order valence-electron chi connectivity index (χ3n) is 9.49. The van der Waals surface area contributed by atoms with E-state index >= 15 is 0 Å². The molecule has 0 unspecified atom stereocenters. The monoisotopic (exact) mass is 507 g/mol. The van der Waals surface area contributed by atoms with E-state index in [1.165, 1.54) is 6.42 Å². The summed E-state index contributed by atoms with van der Waals surface area (Å²) >= 11 is 0. The molecule has 3 amide bonds. The average molecular weight is 508 g/mol. The van der Waals surface area contributed by atoms with Crippen LogP contribution in [0.2, 0.25) is 0 Å². The quantitative estimate of drug-likeness (QED) is 0.543. The fourth-order valence-corrected chi connectivity index (χ4v) is 6.93. The van der Waals surface area contributed by atoms with Gasteiger partial charge >= 0.3 is 0 Å². The van der Waals surface area contributed by atoms with Crippen LogP contribution in [0.1, 0.15) is 64.0 Å². The molecule has 2 saturated heterocycles. The Hall–Kier alpha value is -2.67. The Morgan fingerprint density at radius 2 is 1.92 bits per heavy atom. The molecule has 37 heavy (non-hydrogen) atoms. The molecule has 4 aliphatic rings. The molecular formula is C30H41N3O4. The second-order valence-corrected chi connectivity index (χ2v) is 11.8. The van der Waals surface area contributed by atoms with Crippen molar-refractivity contribution in [3.63, 3.8) is 0 Å². The second kappa shape index (κ2) is 9.90. The first-order valence-corrected chi connectivity index (χ1v) is 14.0. The number of hydrogen-bond acceptors (Lipinski definition) is 4. The molecule has 7 nitrogen and oxygen atoms in total. The van der Waals surface area contributed by atoms with E-state index < -0.39 is 29.6 Å². The number of nitrogens with zero attached hydrogens (tertiary/aromatic N) is 1. The number of carbonyl (C=O) groups excluding carboxylic acids is 3. The number of likely N-dealkylation sites (tertiary alicyclic amines) is 1. The normalized spacial score (nSPS) is 36.1. The molecule has 5 rings (SSSR count). The van der Waals surface area contributed by atoms with Crippen LogP contribution >= 0.6 is 0 Å². The summed E-state index contributed by atoms with van der Waals surface area (Å²) in [6.07, 6.45) is 8.17. The Balaban J connectivity index is 1.42. The molecule has 0 aromatic heterocycles. The van der Waals surface area contributed by atoms with Gasteiger partial charge in [0.15, 0.2) is 0 Å². The molecule has 1 aliphatic carbocycles. The van der Waals surface area contributed by atoms with Gasteiger partial charge in [-0.1, -0.05) is 58.3 Å².